The fourth-order valence-corrected chi connectivity index (χ4v) is 4.25. The van der Waals surface area contributed by atoms with Crippen LogP contribution in [0.3, 0.4) is 0 Å². The van der Waals surface area contributed by atoms with Gasteiger partial charge in [-0.25, -0.2) is 9.97 Å². The Hall–Kier alpha value is -2.73. The van der Waals surface area contributed by atoms with Crippen LogP contribution in [0.5, 0.6) is 0 Å². The second-order valence-electron chi connectivity index (χ2n) is 6.91. The number of nitrogens with zero attached hydrogens (tertiary/aromatic N) is 3. The minimum absolute atomic E-state index is 0.0268. The van der Waals surface area contributed by atoms with E-state index in [1.165, 1.54) is 0 Å². The molecule has 0 aliphatic carbocycles. The molecule has 4 aromatic rings. The van der Waals surface area contributed by atoms with Gasteiger partial charge in [0.1, 0.15) is 10.8 Å². The van der Waals surface area contributed by atoms with E-state index < -0.39 is 0 Å². The number of benzene rings is 2. The van der Waals surface area contributed by atoms with Crippen molar-refractivity contribution in [2.75, 3.05) is 0 Å². The molecule has 2 aromatic heterocycles. The lowest BCUT2D eigenvalue weighted by molar-refractivity contribution is -0.125. The van der Waals surface area contributed by atoms with Crippen LogP contribution in [0, 0.1) is 12.8 Å². The third kappa shape index (κ3) is 3.45. The number of imidazole rings is 1. The first-order valence-electron chi connectivity index (χ1n) is 9.10. The monoisotopic (exact) mass is 378 g/mol. The van der Waals surface area contributed by atoms with Gasteiger partial charge in [-0.3, -0.25) is 4.79 Å². The highest BCUT2D eigenvalue weighted by atomic mass is 32.1. The molecule has 138 valence electrons. The summed E-state index contributed by atoms with van der Waals surface area (Å²) in [7, 11) is 0. The molecule has 0 aliphatic rings. The lowest BCUT2D eigenvalue weighted by atomic mass is 10.1. The first kappa shape index (κ1) is 17.7. The molecule has 0 bridgehead atoms. The highest BCUT2D eigenvalue weighted by Crippen LogP contribution is 2.26. The van der Waals surface area contributed by atoms with Gasteiger partial charge in [0, 0.05) is 6.54 Å². The number of rotatable bonds is 5. The van der Waals surface area contributed by atoms with Crippen molar-refractivity contribution in [2.45, 2.75) is 33.4 Å². The molecular formula is C21H22N4OS. The SMILES string of the molecule is Cc1nc2ccccc2n1C[C@@H](C)C(=O)N[C@H](C)c1nc2ccccc2s1. The van der Waals surface area contributed by atoms with E-state index in [1.54, 1.807) is 11.3 Å². The Morgan fingerprint density at radius 3 is 2.56 bits per heavy atom. The van der Waals surface area contributed by atoms with Gasteiger partial charge in [-0.05, 0) is 38.1 Å². The molecule has 1 N–H and O–H groups in total. The van der Waals surface area contributed by atoms with Crippen LogP contribution in [0.4, 0.5) is 0 Å². The highest BCUT2D eigenvalue weighted by molar-refractivity contribution is 7.18. The number of fused-ring (bicyclic) bond motifs is 2. The number of thiazole rings is 1. The van der Waals surface area contributed by atoms with Crippen LogP contribution >= 0.6 is 11.3 Å². The molecule has 6 heteroatoms. The van der Waals surface area contributed by atoms with Crippen molar-refractivity contribution in [1.82, 2.24) is 19.9 Å². The van der Waals surface area contributed by atoms with Crippen LogP contribution in [0.2, 0.25) is 0 Å². The van der Waals surface area contributed by atoms with E-state index in [1.807, 2.05) is 63.2 Å². The number of amides is 1. The molecule has 0 saturated heterocycles. The average molecular weight is 379 g/mol. The molecule has 0 fully saturated rings. The van der Waals surface area contributed by atoms with Crippen molar-refractivity contribution in [1.29, 1.82) is 0 Å². The number of nitrogens with one attached hydrogen (secondary N) is 1. The molecule has 1 amide bonds. The Labute approximate surface area is 162 Å². The summed E-state index contributed by atoms with van der Waals surface area (Å²) in [5, 5.41) is 4.04. The third-order valence-electron chi connectivity index (χ3n) is 4.79. The van der Waals surface area contributed by atoms with Crippen molar-refractivity contribution in [2.24, 2.45) is 5.92 Å². The van der Waals surface area contributed by atoms with Crippen molar-refractivity contribution in [3.05, 3.63) is 59.4 Å². The summed E-state index contributed by atoms with van der Waals surface area (Å²) >= 11 is 1.63. The highest BCUT2D eigenvalue weighted by Gasteiger charge is 2.20. The number of carbonyl (C=O) groups excluding carboxylic acids is 1. The van der Waals surface area contributed by atoms with Crippen LogP contribution < -0.4 is 5.32 Å². The van der Waals surface area contributed by atoms with Gasteiger partial charge in [0.05, 0.1) is 33.2 Å². The van der Waals surface area contributed by atoms with Gasteiger partial charge in [0.15, 0.2) is 0 Å². The summed E-state index contributed by atoms with van der Waals surface area (Å²) < 4.78 is 3.25. The first-order valence-corrected chi connectivity index (χ1v) is 9.92. The summed E-state index contributed by atoms with van der Waals surface area (Å²) in [6, 6.07) is 16.0. The van der Waals surface area contributed by atoms with Gasteiger partial charge in [-0.1, -0.05) is 31.2 Å². The molecule has 0 unspecified atom stereocenters. The van der Waals surface area contributed by atoms with Crippen molar-refractivity contribution in [3.63, 3.8) is 0 Å². The van der Waals surface area contributed by atoms with E-state index in [0.717, 1.165) is 32.1 Å². The van der Waals surface area contributed by atoms with Gasteiger partial charge in [-0.2, -0.15) is 0 Å². The van der Waals surface area contributed by atoms with Gasteiger partial charge < -0.3 is 9.88 Å². The van der Waals surface area contributed by atoms with Crippen LogP contribution in [0.25, 0.3) is 21.3 Å². The second kappa shape index (κ2) is 7.12. The van der Waals surface area contributed by atoms with Gasteiger partial charge in [0.25, 0.3) is 0 Å². The quantitative estimate of drug-likeness (QED) is 0.557. The maximum Gasteiger partial charge on any atom is 0.225 e. The molecule has 2 heterocycles. The van der Waals surface area contributed by atoms with Crippen LogP contribution in [-0.4, -0.2) is 20.4 Å². The lowest BCUT2D eigenvalue weighted by Gasteiger charge is -2.17. The van der Waals surface area contributed by atoms with Gasteiger partial charge in [0.2, 0.25) is 5.91 Å². The number of carbonyl (C=O) groups is 1. The number of aromatic nitrogens is 3. The average Bonchev–Trinajstić information content (AvgIpc) is 3.23. The Bertz CT molecular complexity index is 1080. The van der Waals surface area contributed by atoms with Crippen LogP contribution in [-0.2, 0) is 11.3 Å². The summed E-state index contributed by atoms with van der Waals surface area (Å²) in [6.45, 7) is 6.52. The van der Waals surface area contributed by atoms with E-state index in [2.05, 4.69) is 25.9 Å². The van der Waals surface area contributed by atoms with E-state index in [-0.39, 0.29) is 17.9 Å². The van der Waals surface area contributed by atoms with E-state index in [0.29, 0.717) is 6.54 Å². The largest absolute Gasteiger partial charge is 0.347 e. The predicted molar refractivity (Wildman–Crippen MR) is 110 cm³/mol. The van der Waals surface area contributed by atoms with E-state index >= 15 is 0 Å². The first-order chi connectivity index (χ1) is 13.0. The van der Waals surface area contributed by atoms with Crippen molar-refractivity contribution in [3.8, 4) is 0 Å². The van der Waals surface area contributed by atoms with Crippen LogP contribution in [0.1, 0.15) is 30.7 Å². The minimum Gasteiger partial charge on any atom is -0.347 e. The lowest BCUT2D eigenvalue weighted by Crippen LogP contribution is -2.33. The zero-order chi connectivity index (χ0) is 19.0. The molecule has 0 spiro atoms. The number of hydrogen-bond acceptors (Lipinski definition) is 4. The fraction of sp³-hybridized carbons (Fsp3) is 0.286. The molecule has 0 radical (unpaired) electrons. The Morgan fingerprint density at radius 2 is 1.78 bits per heavy atom. The molecule has 27 heavy (non-hydrogen) atoms. The van der Waals surface area contributed by atoms with Crippen molar-refractivity contribution < 1.29 is 4.79 Å². The van der Waals surface area contributed by atoms with Gasteiger partial charge in [-0.15, -0.1) is 11.3 Å². The van der Waals surface area contributed by atoms with Gasteiger partial charge >= 0.3 is 0 Å². The standard InChI is InChI=1S/C21H22N4OS/c1-13(12-25-15(3)23-16-8-4-6-10-18(16)25)20(26)22-14(2)21-24-17-9-5-7-11-19(17)27-21/h4-11,13-14H,12H2,1-3H3,(H,22,26)/t13-,14-/m1/s1. The van der Waals surface area contributed by atoms with Crippen LogP contribution in [0.15, 0.2) is 48.5 Å². The van der Waals surface area contributed by atoms with Crippen molar-refractivity contribution >= 4 is 38.5 Å². The summed E-state index contributed by atoms with van der Waals surface area (Å²) in [5.41, 5.74) is 3.01. The summed E-state index contributed by atoms with van der Waals surface area (Å²) in [5.74, 6) is 0.784. The van der Waals surface area contributed by atoms with E-state index in [9.17, 15) is 4.79 Å². The molecule has 0 saturated carbocycles. The smallest absolute Gasteiger partial charge is 0.225 e. The number of aryl methyl sites for hydroxylation is 1. The molecule has 2 atom stereocenters. The number of hydrogen-bond donors (Lipinski definition) is 1. The Balaban J connectivity index is 1.48. The Kier molecular flexibility index (Phi) is 4.66. The maximum absolute atomic E-state index is 12.7. The third-order valence-corrected chi connectivity index (χ3v) is 6.01. The molecule has 5 nitrogen and oxygen atoms in total. The second-order valence-corrected chi connectivity index (χ2v) is 7.97. The molecule has 4 rings (SSSR count). The topological polar surface area (TPSA) is 59.8 Å². The zero-order valence-electron chi connectivity index (χ0n) is 15.6. The zero-order valence-corrected chi connectivity index (χ0v) is 16.5. The van der Waals surface area contributed by atoms with E-state index in [4.69, 9.17) is 0 Å². The normalized spacial score (nSPS) is 13.7. The summed E-state index contributed by atoms with van der Waals surface area (Å²) in [6.07, 6.45) is 0. The molecular weight excluding hydrogens is 356 g/mol. The predicted octanol–water partition coefficient (Wildman–Crippen LogP) is 4.47. The fourth-order valence-electron chi connectivity index (χ4n) is 3.28. The minimum atomic E-state index is -0.168. The maximum atomic E-state index is 12.7. The summed E-state index contributed by atoms with van der Waals surface area (Å²) in [4.78, 5) is 22.0. The molecule has 0 aliphatic heterocycles. The Morgan fingerprint density at radius 1 is 1.07 bits per heavy atom. The molecule has 2 aromatic carbocycles. The number of para-hydroxylation sites is 3.